The van der Waals surface area contributed by atoms with Gasteiger partial charge in [-0.2, -0.15) is 0 Å². The predicted molar refractivity (Wildman–Crippen MR) is 68.8 cm³/mol. The van der Waals surface area contributed by atoms with Gasteiger partial charge in [0.25, 0.3) is 0 Å². The molecule has 0 atom stereocenters. The van der Waals surface area contributed by atoms with Crippen LogP contribution in [0.4, 0.5) is 0 Å². The van der Waals surface area contributed by atoms with Crippen LogP contribution in [0.5, 0.6) is 0 Å². The summed E-state index contributed by atoms with van der Waals surface area (Å²) in [6.07, 6.45) is -0.0940. The molecule has 0 unspecified atom stereocenters. The topological polar surface area (TPSA) is 36.1 Å². The fourth-order valence-electron chi connectivity index (χ4n) is 1.30. The molecule has 3 nitrogen and oxygen atoms in total. The third-order valence-electron chi connectivity index (χ3n) is 1.98. The van der Waals surface area contributed by atoms with Gasteiger partial charge in [0, 0.05) is 5.02 Å². The molecule has 1 aliphatic rings. The van der Waals surface area contributed by atoms with E-state index in [-0.39, 0.29) is 6.17 Å². The van der Waals surface area contributed by atoms with Crippen molar-refractivity contribution in [2.45, 2.75) is 6.17 Å². The van der Waals surface area contributed by atoms with Crippen LogP contribution in [-0.4, -0.2) is 10.2 Å². The summed E-state index contributed by atoms with van der Waals surface area (Å²) in [6, 6.07) is 7.50. The van der Waals surface area contributed by atoms with Crippen molar-refractivity contribution in [3.05, 3.63) is 34.9 Å². The molecular weight excluding hydrogens is 250 g/mol. The Hall–Kier alpha value is -0.910. The SMILES string of the molecule is S=C1NC(=S)NC(c2ccc(Cl)cc2)N1. The van der Waals surface area contributed by atoms with Gasteiger partial charge < -0.3 is 16.0 Å². The second-order valence-corrected chi connectivity index (χ2v) is 4.31. The zero-order valence-electron chi connectivity index (χ0n) is 7.58. The monoisotopic (exact) mass is 257 g/mol. The Labute approximate surface area is 103 Å². The largest absolute Gasteiger partial charge is 0.338 e. The third-order valence-corrected chi connectivity index (χ3v) is 2.67. The molecule has 1 fully saturated rings. The standard InChI is InChI=1S/C9H8ClN3S2/c10-6-3-1-5(2-4-6)7-11-8(14)13-9(15)12-7/h1-4,7H,(H3,11,12,13,14,15). The Morgan fingerprint density at radius 1 is 1.00 bits per heavy atom. The van der Waals surface area contributed by atoms with Crippen molar-refractivity contribution in [2.24, 2.45) is 0 Å². The predicted octanol–water partition coefficient (Wildman–Crippen LogP) is 1.69. The van der Waals surface area contributed by atoms with Crippen LogP contribution in [-0.2, 0) is 0 Å². The molecular formula is C9H8ClN3S2. The molecule has 6 heteroatoms. The highest BCUT2D eigenvalue weighted by Gasteiger charge is 2.18. The number of halogens is 1. The summed E-state index contributed by atoms with van der Waals surface area (Å²) in [6.45, 7) is 0. The van der Waals surface area contributed by atoms with Crippen LogP contribution >= 0.6 is 36.0 Å². The summed E-state index contributed by atoms with van der Waals surface area (Å²) < 4.78 is 0. The van der Waals surface area contributed by atoms with Crippen LogP contribution in [0.2, 0.25) is 5.02 Å². The first-order valence-corrected chi connectivity index (χ1v) is 5.48. The summed E-state index contributed by atoms with van der Waals surface area (Å²) in [5, 5.41) is 10.7. The first-order valence-electron chi connectivity index (χ1n) is 4.28. The molecule has 0 bridgehead atoms. The summed E-state index contributed by atoms with van der Waals surface area (Å²) in [5.74, 6) is 0. The lowest BCUT2D eigenvalue weighted by Gasteiger charge is -2.29. The lowest BCUT2D eigenvalue weighted by molar-refractivity contribution is 0.585. The first kappa shape index (κ1) is 10.6. The van der Waals surface area contributed by atoms with Gasteiger partial charge in [-0.05, 0) is 42.1 Å². The zero-order valence-corrected chi connectivity index (χ0v) is 9.97. The minimum absolute atomic E-state index is 0.0940. The van der Waals surface area contributed by atoms with Crippen LogP contribution in [0.3, 0.4) is 0 Å². The van der Waals surface area contributed by atoms with Crippen molar-refractivity contribution < 1.29 is 0 Å². The van der Waals surface area contributed by atoms with E-state index >= 15 is 0 Å². The Kier molecular flexibility index (Phi) is 3.04. The highest BCUT2D eigenvalue weighted by molar-refractivity contribution is 7.81. The van der Waals surface area contributed by atoms with E-state index in [2.05, 4.69) is 16.0 Å². The number of hydrogen-bond acceptors (Lipinski definition) is 2. The van der Waals surface area contributed by atoms with E-state index in [9.17, 15) is 0 Å². The normalized spacial score (nSPS) is 16.6. The molecule has 1 heterocycles. The van der Waals surface area contributed by atoms with Crippen molar-refractivity contribution in [2.75, 3.05) is 0 Å². The fourth-order valence-corrected chi connectivity index (χ4v) is 1.93. The van der Waals surface area contributed by atoms with Crippen LogP contribution in [0.15, 0.2) is 24.3 Å². The Morgan fingerprint density at radius 2 is 1.53 bits per heavy atom. The van der Waals surface area contributed by atoms with Crippen molar-refractivity contribution in [1.29, 1.82) is 0 Å². The van der Waals surface area contributed by atoms with Crippen LogP contribution in [0.1, 0.15) is 11.7 Å². The zero-order chi connectivity index (χ0) is 10.8. The minimum atomic E-state index is -0.0940. The number of hydrogen-bond donors (Lipinski definition) is 3. The van der Waals surface area contributed by atoms with Crippen LogP contribution < -0.4 is 16.0 Å². The maximum atomic E-state index is 5.80. The maximum Gasteiger partial charge on any atom is 0.174 e. The smallest absolute Gasteiger partial charge is 0.174 e. The summed E-state index contributed by atoms with van der Waals surface area (Å²) in [7, 11) is 0. The number of thiocarbonyl (C=S) groups is 2. The first-order chi connectivity index (χ1) is 7.15. The van der Waals surface area contributed by atoms with Crippen molar-refractivity contribution in [1.82, 2.24) is 16.0 Å². The molecule has 2 rings (SSSR count). The fraction of sp³-hybridized carbons (Fsp3) is 0.111. The highest BCUT2D eigenvalue weighted by atomic mass is 35.5. The van der Waals surface area contributed by atoms with Gasteiger partial charge in [0.05, 0.1) is 0 Å². The van der Waals surface area contributed by atoms with Gasteiger partial charge in [0.1, 0.15) is 6.17 Å². The molecule has 1 aromatic carbocycles. The third kappa shape index (κ3) is 2.56. The molecule has 0 radical (unpaired) electrons. The number of benzene rings is 1. The Morgan fingerprint density at radius 3 is 2.07 bits per heavy atom. The van der Waals surface area contributed by atoms with E-state index in [1.54, 1.807) is 0 Å². The van der Waals surface area contributed by atoms with Crippen LogP contribution in [0, 0.1) is 0 Å². The lowest BCUT2D eigenvalue weighted by Crippen LogP contribution is -2.56. The molecule has 0 saturated carbocycles. The quantitative estimate of drug-likeness (QED) is 0.668. The van der Waals surface area contributed by atoms with E-state index in [0.29, 0.717) is 15.2 Å². The molecule has 1 aliphatic heterocycles. The van der Waals surface area contributed by atoms with Gasteiger partial charge in [0.15, 0.2) is 10.2 Å². The van der Waals surface area contributed by atoms with Gasteiger partial charge in [-0.25, -0.2) is 0 Å². The van der Waals surface area contributed by atoms with E-state index in [4.69, 9.17) is 36.0 Å². The molecule has 0 spiro atoms. The summed E-state index contributed by atoms with van der Waals surface area (Å²) in [4.78, 5) is 0. The van der Waals surface area contributed by atoms with Crippen molar-refractivity contribution >= 4 is 46.3 Å². The van der Waals surface area contributed by atoms with E-state index < -0.39 is 0 Å². The maximum absolute atomic E-state index is 5.80. The number of rotatable bonds is 1. The van der Waals surface area contributed by atoms with Gasteiger partial charge in [-0.15, -0.1) is 0 Å². The van der Waals surface area contributed by atoms with Gasteiger partial charge in [0.2, 0.25) is 0 Å². The van der Waals surface area contributed by atoms with Gasteiger partial charge in [-0.3, -0.25) is 0 Å². The molecule has 0 aliphatic carbocycles. The molecule has 15 heavy (non-hydrogen) atoms. The summed E-state index contributed by atoms with van der Waals surface area (Å²) in [5.41, 5.74) is 1.03. The molecule has 1 saturated heterocycles. The molecule has 0 aromatic heterocycles. The highest BCUT2D eigenvalue weighted by Crippen LogP contribution is 2.15. The van der Waals surface area contributed by atoms with Crippen LogP contribution in [0.25, 0.3) is 0 Å². The minimum Gasteiger partial charge on any atom is -0.338 e. The van der Waals surface area contributed by atoms with Gasteiger partial charge in [-0.1, -0.05) is 23.7 Å². The van der Waals surface area contributed by atoms with Crippen molar-refractivity contribution in [3.63, 3.8) is 0 Å². The molecule has 78 valence electrons. The second-order valence-electron chi connectivity index (χ2n) is 3.06. The Bertz CT molecular complexity index is 388. The average molecular weight is 258 g/mol. The average Bonchev–Trinajstić information content (AvgIpc) is 2.17. The molecule has 3 N–H and O–H groups in total. The van der Waals surface area contributed by atoms with E-state index in [0.717, 1.165) is 5.56 Å². The van der Waals surface area contributed by atoms with E-state index in [1.807, 2.05) is 24.3 Å². The number of nitrogens with one attached hydrogen (secondary N) is 3. The summed E-state index contributed by atoms with van der Waals surface area (Å²) >= 11 is 15.8. The van der Waals surface area contributed by atoms with Gasteiger partial charge >= 0.3 is 0 Å². The molecule has 0 amide bonds. The van der Waals surface area contributed by atoms with Crippen molar-refractivity contribution in [3.8, 4) is 0 Å². The van der Waals surface area contributed by atoms with E-state index in [1.165, 1.54) is 0 Å². The lowest BCUT2D eigenvalue weighted by atomic mass is 10.1. The Balaban J connectivity index is 2.19. The second kappa shape index (κ2) is 4.30. The molecule has 1 aromatic rings.